The summed E-state index contributed by atoms with van der Waals surface area (Å²) in [5.41, 5.74) is 9.60. The minimum Gasteiger partial charge on any atom is -0.356 e. The summed E-state index contributed by atoms with van der Waals surface area (Å²) in [7, 11) is -4.65. The number of hydrogen-bond donors (Lipinski definition) is 3. The van der Waals surface area contributed by atoms with Crippen LogP contribution in [0, 0.1) is 11.6 Å². The van der Waals surface area contributed by atoms with E-state index < -0.39 is 26.2 Å². The molecule has 11 heteroatoms. The molecule has 0 unspecified atom stereocenters. The van der Waals surface area contributed by atoms with Crippen molar-refractivity contribution in [3.8, 4) is 11.3 Å². The van der Waals surface area contributed by atoms with Gasteiger partial charge in [0.25, 0.3) is 5.82 Å². The SMILES string of the molecule is Nc1c(-c2cc(Cc3ccc(CCc4cc(F)ccc4F)cc3)no2)ccc[n+]1COP(=O)(O)O. The molecule has 0 aliphatic heterocycles. The van der Waals surface area contributed by atoms with Gasteiger partial charge in [0.15, 0.2) is 5.76 Å². The molecular formula is C24H23F2N3O5P+. The number of nitrogen functional groups attached to an aromatic ring is 1. The van der Waals surface area contributed by atoms with Gasteiger partial charge in [-0.15, -0.1) is 0 Å². The molecule has 4 rings (SSSR count). The molecule has 0 fully saturated rings. The molecule has 182 valence electrons. The summed E-state index contributed by atoms with van der Waals surface area (Å²) in [6, 6.07) is 16.3. The van der Waals surface area contributed by atoms with Crippen LogP contribution in [0.1, 0.15) is 22.4 Å². The Bertz CT molecular complexity index is 1370. The van der Waals surface area contributed by atoms with Crippen molar-refractivity contribution >= 4 is 13.6 Å². The van der Waals surface area contributed by atoms with Gasteiger partial charge >= 0.3 is 7.82 Å². The number of hydrogen-bond acceptors (Lipinski definition) is 5. The third kappa shape index (κ3) is 6.58. The summed E-state index contributed by atoms with van der Waals surface area (Å²) >= 11 is 0. The highest BCUT2D eigenvalue weighted by molar-refractivity contribution is 7.46. The number of nitrogens with zero attached hydrogens (tertiary/aromatic N) is 2. The van der Waals surface area contributed by atoms with Gasteiger partial charge in [0.05, 0.1) is 11.9 Å². The van der Waals surface area contributed by atoms with Crippen molar-refractivity contribution in [2.24, 2.45) is 0 Å². The molecule has 0 bridgehead atoms. The largest absolute Gasteiger partial charge is 0.472 e. The Morgan fingerprint density at radius 1 is 1.03 bits per heavy atom. The quantitative estimate of drug-likeness (QED) is 0.234. The zero-order valence-corrected chi connectivity index (χ0v) is 19.4. The molecule has 4 aromatic rings. The van der Waals surface area contributed by atoms with E-state index in [1.165, 1.54) is 16.8 Å². The Kier molecular flexibility index (Phi) is 7.37. The van der Waals surface area contributed by atoms with E-state index >= 15 is 0 Å². The van der Waals surface area contributed by atoms with Gasteiger partial charge in [-0.2, -0.15) is 0 Å². The Labute approximate surface area is 199 Å². The van der Waals surface area contributed by atoms with E-state index in [9.17, 15) is 13.3 Å². The van der Waals surface area contributed by atoms with Crippen molar-refractivity contribution in [1.82, 2.24) is 5.16 Å². The van der Waals surface area contributed by atoms with Crippen LogP contribution in [0.5, 0.6) is 0 Å². The molecule has 2 aromatic heterocycles. The van der Waals surface area contributed by atoms with Crippen LogP contribution in [-0.2, 0) is 35.1 Å². The summed E-state index contributed by atoms with van der Waals surface area (Å²) in [4.78, 5) is 17.8. The molecule has 0 aliphatic carbocycles. The third-order valence-electron chi connectivity index (χ3n) is 5.40. The molecule has 2 aromatic carbocycles. The van der Waals surface area contributed by atoms with Crippen molar-refractivity contribution in [1.29, 1.82) is 0 Å². The maximum atomic E-state index is 13.8. The average Bonchev–Trinajstić information content (AvgIpc) is 3.27. The number of rotatable bonds is 9. The van der Waals surface area contributed by atoms with Crippen LogP contribution < -0.4 is 10.3 Å². The summed E-state index contributed by atoms with van der Waals surface area (Å²) in [5, 5.41) is 4.09. The molecular weight excluding hydrogens is 479 g/mol. The van der Waals surface area contributed by atoms with E-state index in [0.29, 0.717) is 41.8 Å². The van der Waals surface area contributed by atoms with Crippen LogP contribution in [0.3, 0.4) is 0 Å². The molecule has 0 amide bonds. The minimum atomic E-state index is -4.65. The molecule has 35 heavy (non-hydrogen) atoms. The molecule has 4 N–H and O–H groups in total. The Morgan fingerprint density at radius 3 is 2.51 bits per heavy atom. The highest BCUT2D eigenvalue weighted by Crippen LogP contribution is 2.35. The molecule has 0 saturated heterocycles. The molecule has 0 radical (unpaired) electrons. The first-order valence-electron chi connectivity index (χ1n) is 10.6. The maximum Gasteiger partial charge on any atom is 0.472 e. The van der Waals surface area contributed by atoms with Gasteiger partial charge in [-0.25, -0.2) is 22.4 Å². The number of aromatic nitrogens is 2. The van der Waals surface area contributed by atoms with Gasteiger partial charge in [0.1, 0.15) is 17.2 Å². The number of phosphoric acid groups is 1. The van der Waals surface area contributed by atoms with Crippen LogP contribution in [0.25, 0.3) is 11.3 Å². The first-order chi connectivity index (χ1) is 16.7. The van der Waals surface area contributed by atoms with E-state index in [1.807, 2.05) is 24.3 Å². The number of anilines is 1. The van der Waals surface area contributed by atoms with E-state index in [4.69, 9.17) is 20.0 Å². The Morgan fingerprint density at radius 2 is 1.77 bits per heavy atom. The van der Waals surface area contributed by atoms with Crippen LogP contribution >= 0.6 is 7.82 Å². The zero-order chi connectivity index (χ0) is 25.0. The first kappa shape index (κ1) is 24.7. The topological polar surface area (TPSA) is 123 Å². The Hall–Kier alpha value is -3.43. The van der Waals surface area contributed by atoms with Crippen molar-refractivity contribution in [2.75, 3.05) is 5.73 Å². The molecule has 0 atom stereocenters. The second-order valence-electron chi connectivity index (χ2n) is 7.94. The summed E-state index contributed by atoms with van der Waals surface area (Å²) < 4.78 is 49.4. The fourth-order valence-electron chi connectivity index (χ4n) is 3.59. The minimum absolute atomic E-state index is 0.197. The van der Waals surface area contributed by atoms with Gasteiger partial charge < -0.3 is 14.3 Å². The highest BCUT2D eigenvalue weighted by Gasteiger charge is 2.20. The summed E-state index contributed by atoms with van der Waals surface area (Å²) in [6.07, 6.45) is 2.99. The first-order valence-corrected chi connectivity index (χ1v) is 12.2. The number of nitrogens with two attached hydrogens (primary N) is 1. The van der Waals surface area contributed by atoms with E-state index in [2.05, 4.69) is 9.68 Å². The van der Waals surface area contributed by atoms with Gasteiger partial charge in [-0.1, -0.05) is 29.4 Å². The standard InChI is InChI=1S/C24H22F2N3O5P/c25-19-9-10-22(26)18(13-19)8-7-16-3-5-17(6-4-16)12-20-14-23(34-28-20)21-2-1-11-29(24(21)27)15-33-35(30,31)32/h1-6,9-11,13-14,27H,7-8,12,15H2,(H2,30,31,32)/p+1. The maximum absolute atomic E-state index is 13.8. The number of pyridine rings is 1. The van der Waals surface area contributed by atoms with Crippen molar-refractivity contribution in [2.45, 2.75) is 26.0 Å². The lowest BCUT2D eigenvalue weighted by molar-refractivity contribution is -0.711. The summed E-state index contributed by atoms with van der Waals surface area (Å²) in [6.45, 7) is -0.427. The van der Waals surface area contributed by atoms with E-state index in [-0.39, 0.29) is 5.82 Å². The van der Waals surface area contributed by atoms with Gasteiger partial charge in [-0.3, -0.25) is 5.73 Å². The number of halogens is 2. The third-order valence-corrected chi connectivity index (χ3v) is 5.85. The molecule has 0 spiro atoms. The molecule has 0 aliphatic rings. The summed E-state index contributed by atoms with van der Waals surface area (Å²) in [5.74, 6) is -0.270. The van der Waals surface area contributed by atoms with E-state index in [1.54, 1.807) is 18.2 Å². The van der Waals surface area contributed by atoms with E-state index in [0.717, 1.165) is 23.3 Å². The predicted octanol–water partition coefficient (Wildman–Crippen LogP) is 3.93. The molecule has 8 nitrogen and oxygen atoms in total. The van der Waals surface area contributed by atoms with Gasteiger partial charge in [-0.05, 0) is 59.9 Å². The fourth-order valence-corrected chi connectivity index (χ4v) is 3.87. The smallest absolute Gasteiger partial charge is 0.356 e. The fraction of sp³-hybridized carbons (Fsp3) is 0.167. The number of benzene rings is 2. The van der Waals surface area contributed by atoms with Crippen molar-refractivity contribution < 1.29 is 36.7 Å². The van der Waals surface area contributed by atoms with Crippen LogP contribution in [0.2, 0.25) is 0 Å². The lowest BCUT2D eigenvalue weighted by Gasteiger charge is -2.07. The monoisotopic (exact) mass is 502 g/mol. The lowest BCUT2D eigenvalue weighted by atomic mass is 10.0. The second-order valence-corrected chi connectivity index (χ2v) is 9.18. The molecule has 0 saturated carbocycles. The highest BCUT2D eigenvalue weighted by atomic mass is 31.2. The number of phosphoric ester groups is 1. The van der Waals surface area contributed by atoms with Crippen LogP contribution in [0.15, 0.2) is 71.4 Å². The predicted molar refractivity (Wildman–Crippen MR) is 123 cm³/mol. The molecule has 2 heterocycles. The second kappa shape index (κ2) is 10.5. The van der Waals surface area contributed by atoms with Crippen LogP contribution in [-0.4, -0.2) is 14.9 Å². The Balaban J connectivity index is 1.40. The van der Waals surface area contributed by atoms with Crippen molar-refractivity contribution in [3.05, 3.63) is 101 Å². The lowest BCUT2D eigenvalue weighted by Crippen LogP contribution is -2.38. The van der Waals surface area contributed by atoms with Gasteiger partial charge in [0, 0.05) is 12.5 Å². The average molecular weight is 502 g/mol. The zero-order valence-electron chi connectivity index (χ0n) is 18.5. The van der Waals surface area contributed by atoms with Crippen molar-refractivity contribution in [3.63, 3.8) is 0 Å². The van der Waals surface area contributed by atoms with Gasteiger partial charge in [0.2, 0.25) is 6.73 Å². The normalized spacial score (nSPS) is 11.7. The van der Waals surface area contributed by atoms with Crippen LogP contribution in [0.4, 0.5) is 14.6 Å². The number of aryl methyl sites for hydroxylation is 2.